The number of nitrogens with one attached hydrogen (secondary N) is 2. The first kappa shape index (κ1) is 52.6. The summed E-state index contributed by atoms with van der Waals surface area (Å²) in [5.74, 6) is 0. The first-order valence-corrected chi connectivity index (χ1v) is 7.56. The summed E-state index contributed by atoms with van der Waals surface area (Å²) in [7, 11) is 0. The fourth-order valence-corrected chi connectivity index (χ4v) is 2.26. The minimum atomic E-state index is -0.106. The van der Waals surface area contributed by atoms with Gasteiger partial charge in [0.1, 0.15) is 0 Å². The molecule has 0 amide bonds. The van der Waals surface area contributed by atoms with Crippen LogP contribution in [0.1, 0.15) is 0 Å². The van der Waals surface area contributed by atoms with Crippen LogP contribution in [-0.2, 0) is 196 Å². The van der Waals surface area contributed by atoms with Crippen molar-refractivity contribution in [2.75, 3.05) is 10.6 Å². The SMILES string of the molecule is O=c1cccccc1Nc1ccccc1Nc1cccccc1=O.[CH3-].[CH3-].[CH3-].[Y].[Y].[Y].[Y].[Y].[Y]. The van der Waals surface area contributed by atoms with Crippen molar-refractivity contribution in [2.45, 2.75) is 0 Å². The van der Waals surface area contributed by atoms with Crippen molar-refractivity contribution in [3.8, 4) is 0 Å². The summed E-state index contributed by atoms with van der Waals surface area (Å²) in [5.41, 5.74) is 2.15. The van der Waals surface area contributed by atoms with Crippen molar-refractivity contribution in [3.63, 3.8) is 0 Å². The van der Waals surface area contributed by atoms with Crippen LogP contribution >= 0.6 is 0 Å². The minimum absolute atomic E-state index is 0. The summed E-state index contributed by atoms with van der Waals surface area (Å²) < 4.78 is 0. The van der Waals surface area contributed by atoms with Crippen LogP contribution in [0.3, 0.4) is 0 Å². The first-order valence-electron chi connectivity index (χ1n) is 7.56. The molecule has 0 bridgehead atoms. The number of rotatable bonds is 4. The van der Waals surface area contributed by atoms with Crippen molar-refractivity contribution in [3.05, 3.63) is 128 Å². The van der Waals surface area contributed by atoms with E-state index in [0.717, 1.165) is 0 Å². The van der Waals surface area contributed by atoms with Crippen molar-refractivity contribution in [1.29, 1.82) is 0 Å². The first-order chi connectivity index (χ1) is 11.7. The van der Waals surface area contributed by atoms with Crippen LogP contribution in [0.5, 0.6) is 0 Å². The van der Waals surface area contributed by atoms with Crippen molar-refractivity contribution in [2.24, 2.45) is 0 Å². The zero-order chi connectivity index (χ0) is 16.8. The summed E-state index contributed by atoms with van der Waals surface area (Å²) in [5, 5.41) is 6.26. The predicted molar refractivity (Wildman–Crippen MR) is 118 cm³/mol. The molecule has 0 spiro atoms. The van der Waals surface area contributed by atoms with E-state index in [9.17, 15) is 9.59 Å². The van der Waals surface area contributed by atoms with Crippen LogP contribution in [0, 0.1) is 22.3 Å². The van der Waals surface area contributed by atoms with Gasteiger partial charge in [-0.1, -0.05) is 48.5 Å². The Hall–Kier alpha value is 3.22. The molecule has 0 saturated heterocycles. The largest absolute Gasteiger partial charge is 0.358 e. The summed E-state index contributed by atoms with van der Waals surface area (Å²) in [6.45, 7) is 0. The van der Waals surface area contributed by atoms with Gasteiger partial charge in [-0.3, -0.25) is 9.59 Å². The second-order valence-electron chi connectivity index (χ2n) is 5.17. The van der Waals surface area contributed by atoms with E-state index >= 15 is 0 Å². The molecule has 0 fully saturated rings. The molecule has 0 aliphatic carbocycles. The molecule has 2 N–H and O–H groups in total. The van der Waals surface area contributed by atoms with Crippen molar-refractivity contribution in [1.82, 2.24) is 0 Å². The molecule has 4 nitrogen and oxygen atoms in total. The van der Waals surface area contributed by atoms with Crippen LogP contribution in [0.2, 0.25) is 0 Å². The third-order valence-corrected chi connectivity index (χ3v) is 3.46. The molecule has 3 aromatic rings. The minimum Gasteiger partial charge on any atom is -0.358 e. The molecule has 6 radical (unpaired) electrons. The van der Waals surface area contributed by atoms with Gasteiger partial charge in [-0.2, -0.15) is 0 Å². The summed E-state index contributed by atoms with van der Waals surface area (Å²) in [6.07, 6.45) is 0. The molecule has 10 heteroatoms. The van der Waals surface area contributed by atoms with Crippen molar-refractivity contribution < 1.29 is 196 Å². The van der Waals surface area contributed by atoms with Crippen LogP contribution in [-0.4, -0.2) is 0 Å². The maximum Gasteiger partial charge on any atom is 0.201 e. The molecular formula is C23H25N2O2Y6-3. The number of hydrogen-bond donors (Lipinski definition) is 2. The molecule has 33 heavy (non-hydrogen) atoms. The fourth-order valence-electron chi connectivity index (χ4n) is 2.26. The number of benzene rings is 1. The van der Waals surface area contributed by atoms with Gasteiger partial charge in [-0.05, 0) is 36.4 Å². The molecule has 3 aromatic carbocycles. The van der Waals surface area contributed by atoms with E-state index < -0.39 is 0 Å². The van der Waals surface area contributed by atoms with E-state index in [0.29, 0.717) is 22.7 Å². The van der Waals surface area contributed by atoms with Gasteiger partial charge in [-0.25, -0.2) is 0 Å². The van der Waals surface area contributed by atoms with Crippen LogP contribution in [0.15, 0.2) is 94.5 Å². The molecule has 0 saturated carbocycles. The molecule has 0 unspecified atom stereocenters. The van der Waals surface area contributed by atoms with Gasteiger partial charge >= 0.3 is 0 Å². The average Bonchev–Trinajstić information content (AvgIpc) is 2.91. The zero-order valence-corrected chi connectivity index (χ0v) is 36.4. The topological polar surface area (TPSA) is 58.2 Å². The number of hydrogen-bond acceptors (Lipinski definition) is 4. The summed E-state index contributed by atoms with van der Waals surface area (Å²) >= 11 is 0. The average molecular weight is 895 g/mol. The molecule has 3 rings (SSSR count). The Morgan fingerprint density at radius 2 is 0.606 bits per heavy atom. The molecule has 160 valence electrons. The Kier molecular flexibility index (Phi) is 47.5. The Labute approximate surface area is 349 Å². The van der Waals surface area contributed by atoms with E-state index in [1.54, 1.807) is 48.5 Å². The predicted octanol–water partition coefficient (Wildman–Crippen LogP) is 5.23. The molecule has 0 aliphatic heterocycles. The second kappa shape index (κ2) is 29.8. The maximum absolute atomic E-state index is 12.1. The smallest absolute Gasteiger partial charge is 0.201 e. The van der Waals surface area contributed by atoms with E-state index in [1.807, 2.05) is 24.3 Å². The Bertz CT molecular complexity index is 914. The van der Waals surface area contributed by atoms with Crippen LogP contribution < -0.4 is 21.5 Å². The van der Waals surface area contributed by atoms with Crippen LogP contribution in [0.25, 0.3) is 0 Å². The van der Waals surface area contributed by atoms with Gasteiger partial charge in [0.2, 0.25) is 10.9 Å². The summed E-state index contributed by atoms with van der Waals surface area (Å²) in [6, 6.07) is 24.5. The Morgan fingerprint density at radius 1 is 0.364 bits per heavy atom. The van der Waals surface area contributed by atoms with Gasteiger partial charge in [0.05, 0.1) is 22.7 Å². The summed E-state index contributed by atoms with van der Waals surface area (Å²) in [4.78, 5) is 24.1. The van der Waals surface area contributed by atoms with E-state index in [4.69, 9.17) is 0 Å². The molecule has 0 atom stereocenters. The monoisotopic (exact) mass is 895 g/mol. The third kappa shape index (κ3) is 18.2. The van der Waals surface area contributed by atoms with Gasteiger partial charge < -0.3 is 32.9 Å². The molecule has 0 heterocycles. The molecule has 0 aliphatic rings. The van der Waals surface area contributed by atoms with E-state index in [2.05, 4.69) is 10.6 Å². The fraction of sp³-hybridized carbons (Fsp3) is 0. The van der Waals surface area contributed by atoms with Gasteiger partial charge in [-0.15, -0.1) is 0 Å². The molecule has 0 aromatic heterocycles. The number of para-hydroxylation sites is 2. The third-order valence-electron chi connectivity index (χ3n) is 3.46. The normalized spacial score (nSPS) is 7.27. The second-order valence-corrected chi connectivity index (χ2v) is 5.17. The van der Waals surface area contributed by atoms with Crippen molar-refractivity contribution >= 4 is 22.7 Å². The molecular weight excluding hydrogens is 870 g/mol. The van der Waals surface area contributed by atoms with Gasteiger partial charge in [0.15, 0.2) is 0 Å². The standard InChI is InChI=1S/C20H16N2O2.3CH3.6Y/c23-19-13-5-1-3-11-17(19)21-15-9-7-8-10-16(15)22-18-12-4-2-6-14-20(18)24;;;;;;;;;/h1-14H,(H,21,23)(H,22,24);3*1H3;;;;;;/q;3*-1;;;;;;. The van der Waals surface area contributed by atoms with E-state index in [1.165, 1.54) is 12.1 Å². The Morgan fingerprint density at radius 3 is 0.939 bits per heavy atom. The zero-order valence-electron chi connectivity index (χ0n) is 19.4. The Balaban J connectivity index is -0.000000150. The number of anilines is 4. The van der Waals surface area contributed by atoms with Gasteiger partial charge in [0.25, 0.3) is 0 Å². The maximum atomic E-state index is 12.1. The van der Waals surface area contributed by atoms with Gasteiger partial charge in [0, 0.05) is 196 Å². The van der Waals surface area contributed by atoms with Crippen LogP contribution in [0.4, 0.5) is 22.7 Å². The van der Waals surface area contributed by atoms with E-state index in [-0.39, 0.29) is 229 Å². The quantitative estimate of drug-likeness (QED) is 0.353.